The highest BCUT2D eigenvalue weighted by Crippen LogP contribution is 2.27. The number of hydrogen-bond acceptors (Lipinski definition) is 4. The van der Waals surface area contributed by atoms with E-state index in [-0.39, 0.29) is 36.5 Å². The monoisotopic (exact) mass is 442 g/mol. The number of amides is 2. The molecule has 0 spiro atoms. The number of carbonyl (C=O) groups is 2. The zero-order valence-corrected chi connectivity index (χ0v) is 17.8. The summed E-state index contributed by atoms with van der Waals surface area (Å²) in [7, 11) is 0. The molecule has 29 heavy (non-hydrogen) atoms. The molecule has 3 N–H and O–H groups in total. The van der Waals surface area contributed by atoms with Crippen LogP contribution in [0.25, 0.3) is 0 Å². The molecular weight excluding hydrogens is 415 g/mol. The Labute approximate surface area is 181 Å². The molecule has 3 atom stereocenters. The number of ether oxygens (including phenoxy) is 1. The van der Waals surface area contributed by atoms with E-state index in [0.29, 0.717) is 28.6 Å². The molecule has 2 amide bonds. The van der Waals surface area contributed by atoms with Gasteiger partial charge in [0.15, 0.2) is 0 Å². The second kappa shape index (κ2) is 10.6. The second-order valence-electron chi connectivity index (χ2n) is 7.86. The van der Waals surface area contributed by atoms with Crippen LogP contribution in [0.4, 0.5) is 0 Å². The van der Waals surface area contributed by atoms with Gasteiger partial charge < -0.3 is 20.5 Å². The van der Waals surface area contributed by atoms with Crippen molar-refractivity contribution >= 4 is 35.0 Å². The Bertz CT molecular complexity index is 704. The van der Waals surface area contributed by atoms with Crippen LogP contribution < -0.4 is 10.6 Å². The fourth-order valence-corrected chi connectivity index (χ4v) is 4.66. The van der Waals surface area contributed by atoms with Gasteiger partial charge in [0.25, 0.3) is 5.91 Å². The number of carbonyl (C=O) groups excluding carboxylic acids is 2. The van der Waals surface area contributed by atoms with Crippen molar-refractivity contribution in [2.24, 2.45) is 5.92 Å². The predicted molar refractivity (Wildman–Crippen MR) is 112 cm³/mol. The molecule has 2 aliphatic rings. The summed E-state index contributed by atoms with van der Waals surface area (Å²) in [5, 5.41) is 16.4. The van der Waals surface area contributed by atoms with E-state index < -0.39 is 6.10 Å². The summed E-state index contributed by atoms with van der Waals surface area (Å²) in [4.78, 5) is 24.6. The van der Waals surface area contributed by atoms with E-state index in [1.54, 1.807) is 18.2 Å². The lowest BCUT2D eigenvalue weighted by atomic mass is 9.96. The van der Waals surface area contributed by atoms with E-state index in [2.05, 4.69) is 10.6 Å². The average Bonchev–Trinajstić information content (AvgIpc) is 3.23. The number of halogens is 2. The van der Waals surface area contributed by atoms with Crippen LogP contribution in [0.15, 0.2) is 18.2 Å². The summed E-state index contributed by atoms with van der Waals surface area (Å²) in [6, 6.07) is 4.55. The maximum absolute atomic E-state index is 12.4. The molecule has 0 radical (unpaired) electrons. The van der Waals surface area contributed by atoms with Gasteiger partial charge in [0.2, 0.25) is 5.91 Å². The molecule has 1 aliphatic heterocycles. The third kappa shape index (κ3) is 6.32. The fraction of sp³-hybridized carbons (Fsp3) is 0.619. The number of nitrogens with one attached hydrogen (secondary N) is 2. The molecule has 1 aliphatic carbocycles. The molecule has 1 saturated heterocycles. The van der Waals surface area contributed by atoms with Crippen molar-refractivity contribution < 1.29 is 19.4 Å². The van der Waals surface area contributed by atoms with E-state index in [4.69, 9.17) is 27.9 Å². The topological polar surface area (TPSA) is 87.7 Å². The van der Waals surface area contributed by atoms with Crippen molar-refractivity contribution in [2.45, 2.75) is 63.2 Å². The van der Waals surface area contributed by atoms with Crippen molar-refractivity contribution in [3.05, 3.63) is 33.8 Å². The Morgan fingerprint density at radius 1 is 1.07 bits per heavy atom. The van der Waals surface area contributed by atoms with Gasteiger partial charge in [-0.3, -0.25) is 9.59 Å². The van der Waals surface area contributed by atoms with Crippen LogP contribution in [-0.2, 0) is 9.53 Å². The quantitative estimate of drug-likeness (QED) is 0.604. The summed E-state index contributed by atoms with van der Waals surface area (Å²) in [6.07, 6.45) is 5.77. The average molecular weight is 443 g/mol. The Morgan fingerprint density at radius 2 is 1.76 bits per heavy atom. The fourth-order valence-electron chi connectivity index (χ4n) is 4.13. The highest BCUT2D eigenvalue weighted by atomic mass is 35.5. The SMILES string of the molecule is O=C(NCC[C@@H]1CC[C@@H](NC(=O)C2CCCC2)[C@@H](CO)O1)c1cc(Cl)cc(Cl)c1. The van der Waals surface area contributed by atoms with Crippen LogP contribution in [0.2, 0.25) is 10.0 Å². The zero-order valence-electron chi connectivity index (χ0n) is 16.3. The summed E-state index contributed by atoms with van der Waals surface area (Å²) in [6.45, 7) is 0.296. The summed E-state index contributed by atoms with van der Waals surface area (Å²) >= 11 is 11.9. The van der Waals surface area contributed by atoms with Crippen molar-refractivity contribution in [3.8, 4) is 0 Å². The summed E-state index contributed by atoms with van der Waals surface area (Å²) in [5.74, 6) is -0.0617. The van der Waals surface area contributed by atoms with Crippen LogP contribution in [0.1, 0.15) is 55.3 Å². The lowest BCUT2D eigenvalue weighted by molar-refractivity contribution is -0.131. The van der Waals surface area contributed by atoms with Gasteiger partial charge in [-0.05, 0) is 50.3 Å². The first kappa shape index (κ1) is 22.3. The van der Waals surface area contributed by atoms with E-state index in [9.17, 15) is 14.7 Å². The van der Waals surface area contributed by atoms with E-state index in [0.717, 1.165) is 38.5 Å². The molecule has 0 aromatic heterocycles. The van der Waals surface area contributed by atoms with Gasteiger partial charge in [-0.15, -0.1) is 0 Å². The van der Waals surface area contributed by atoms with Crippen molar-refractivity contribution in [2.75, 3.05) is 13.2 Å². The molecule has 160 valence electrons. The van der Waals surface area contributed by atoms with E-state index in [1.165, 1.54) is 0 Å². The number of hydrogen-bond donors (Lipinski definition) is 3. The molecule has 1 aromatic carbocycles. The molecular formula is C21H28Cl2N2O4. The molecule has 8 heteroatoms. The lowest BCUT2D eigenvalue weighted by Crippen LogP contribution is -2.52. The largest absolute Gasteiger partial charge is 0.394 e. The smallest absolute Gasteiger partial charge is 0.251 e. The van der Waals surface area contributed by atoms with Crippen molar-refractivity contribution in [3.63, 3.8) is 0 Å². The number of aliphatic hydroxyl groups excluding tert-OH is 1. The molecule has 1 saturated carbocycles. The van der Waals surface area contributed by atoms with E-state index >= 15 is 0 Å². The van der Waals surface area contributed by atoms with Crippen LogP contribution >= 0.6 is 23.2 Å². The van der Waals surface area contributed by atoms with Crippen molar-refractivity contribution in [1.29, 1.82) is 0 Å². The first-order chi connectivity index (χ1) is 14.0. The maximum Gasteiger partial charge on any atom is 0.251 e. The molecule has 0 bridgehead atoms. The molecule has 3 rings (SSSR count). The van der Waals surface area contributed by atoms with Crippen LogP contribution in [0.3, 0.4) is 0 Å². The molecule has 1 heterocycles. The lowest BCUT2D eigenvalue weighted by Gasteiger charge is -2.36. The Morgan fingerprint density at radius 3 is 2.41 bits per heavy atom. The van der Waals surface area contributed by atoms with Crippen LogP contribution in [0, 0.1) is 5.92 Å². The van der Waals surface area contributed by atoms with Gasteiger partial charge in [-0.25, -0.2) is 0 Å². The van der Waals surface area contributed by atoms with Gasteiger partial charge in [-0.2, -0.15) is 0 Å². The van der Waals surface area contributed by atoms with Crippen LogP contribution in [-0.4, -0.2) is 48.3 Å². The molecule has 2 fully saturated rings. The summed E-state index contributed by atoms with van der Waals surface area (Å²) in [5.41, 5.74) is 0.412. The van der Waals surface area contributed by atoms with Gasteiger partial charge in [-0.1, -0.05) is 36.0 Å². The normalized spacial score (nSPS) is 25.0. The van der Waals surface area contributed by atoms with Gasteiger partial charge >= 0.3 is 0 Å². The van der Waals surface area contributed by atoms with E-state index in [1.807, 2.05) is 0 Å². The highest BCUT2D eigenvalue weighted by Gasteiger charge is 2.33. The Balaban J connectivity index is 1.43. The van der Waals surface area contributed by atoms with Gasteiger partial charge in [0.05, 0.1) is 18.8 Å². The first-order valence-electron chi connectivity index (χ1n) is 10.3. The van der Waals surface area contributed by atoms with Crippen molar-refractivity contribution in [1.82, 2.24) is 10.6 Å². The number of rotatable bonds is 7. The summed E-state index contributed by atoms with van der Waals surface area (Å²) < 4.78 is 5.98. The van der Waals surface area contributed by atoms with Crippen LogP contribution in [0.5, 0.6) is 0 Å². The van der Waals surface area contributed by atoms with Gasteiger partial charge in [0.1, 0.15) is 6.10 Å². The third-order valence-electron chi connectivity index (χ3n) is 5.73. The Hall–Kier alpha value is -1.34. The molecule has 0 unspecified atom stereocenters. The second-order valence-corrected chi connectivity index (χ2v) is 8.73. The minimum atomic E-state index is -0.415. The standard InChI is InChI=1S/C21H28Cl2N2O4/c22-15-9-14(10-16(23)11-15)20(27)24-8-7-17-5-6-18(19(12-26)29-17)25-21(28)13-3-1-2-4-13/h9-11,13,17-19,26H,1-8,12H2,(H,24,27)(H,25,28)/t17-,18+,19+/m0/s1. The first-order valence-corrected chi connectivity index (χ1v) is 11.0. The molecule has 1 aromatic rings. The number of aliphatic hydroxyl groups is 1. The minimum absolute atomic E-state index is 0.0740. The maximum atomic E-state index is 12.4. The minimum Gasteiger partial charge on any atom is -0.394 e. The van der Waals surface area contributed by atoms with Gasteiger partial charge in [0, 0.05) is 28.1 Å². The number of benzene rings is 1. The Kier molecular flexibility index (Phi) is 8.18. The highest BCUT2D eigenvalue weighted by molar-refractivity contribution is 6.35. The predicted octanol–water partition coefficient (Wildman–Crippen LogP) is 3.33. The molecule has 6 nitrogen and oxygen atoms in total. The zero-order chi connectivity index (χ0) is 20.8. The third-order valence-corrected chi connectivity index (χ3v) is 6.16.